The van der Waals surface area contributed by atoms with E-state index in [4.69, 9.17) is 8.83 Å². The average molecular weight is 387 g/mol. The Morgan fingerprint density at radius 3 is 1.32 bits per heavy atom. The first-order chi connectivity index (χ1) is 13.5. The Labute approximate surface area is 173 Å². The summed E-state index contributed by atoms with van der Waals surface area (Å²) in [4.78, 5) is 0. The first-order valence-electron chi connectivity index (χ1n) is 11.7. The number of aryl methyl sites for hydroxylation is 2. The standard InChI is InChI=1S/C26H42O2/c1-7-9-11-13-15-21-17-23(19(3)4)27-25(21)26-22(16-14-12-10-8-2)18-24(28-26)20(5)6/h17-20H,7-16H2,1-6H3. The molecule has 0 saturated heterocycles. The number of furan rings is 2. The summed E-state index contributed by atoms with van der Waals surface area (Å²) in [6, 6.07) is 4.56. The summed E-state index contributed by atoms with van der Waals surface area (Å²) in [7, 11) is 0. The maximum atomic E-state index is 6.39. The number of hydrogen-bond acceptors (Lipinski definition) is 2. The highest BCUT2D eigenvalue weighted by atomic mass is 16.4. The zero-order valence-electron chi connectivity index (χ0n) is 19.2. The number of unbranched alkanes of at least 4 members (excludes halogenated alkanes) is 6. The van der Waals surface area contributed by atoms with Crippen molar-refractivity contribution < 1.29 is 8.83 Å². The molecule has 158 valence electrons. The van der Waals surface area contributed by atoms with Crippen LogP contribution in [0.3, 0.4) is 0 Å². The van der Waals surface area contributed by atoms with Crippen LogP contribution < -0.4 is 0 Å². The van der Waals surface area contributed by atoms with Gasteiger partial charge in [0.25, 0.3) is 0 Å². The van der Waals surface area contributed by atoms with Gasteiger partial charge in [0, 0.05) is 23.0 Å². The lowest BCUT2D eigenvalue weighted by Gasteiger charge is -2.05. The van der Waals surface area contributed by atoms with Gasteiger partial charge in [-0.05, 0) is 37.8 Å². The van der Waals surface area contributed by atoms with E-state index in [1.807, 2.05) is 0 Å². The molecule has 0 bridgehead atoms. The molecule has 28 heavy (non-hydrogen) atoms. The Morgan fingerprint density at radius 1 is 0.607 bits per heavy atom. The molecule has 0 saturated carbocycles. The molecule has 2 aromatic rings. The van der Waals surface area contributed by atoms with Gasteiger partial charge in [0.1, 0.15) is 11.5 Å². The highest BCUT2D eigenvalue weighted by molar-refractivity contribution is 5.61. The van der Waals surface area contributed by atoms with E-state index in [-0.39, 0.29) is 0 Å². The van der Waals surface area contributed by atoms with Crippen LogP contribution >= 0.6 is 0 Å². The van der Waals surface area contributed by atoms with E-state index < -0.39 is 0 Å². The molecule has 0 N–H and O–H groups in total. The average Bonchev–Trinajstić information content (AvgIpc) is 3.26. The third-order valence-electron chi connectivity index (χ3n) is 5.60. The molecule has 0 aliphatic rings. The largest absolute Gasteiger partial charge is 0.457 e. The first kappa shape index (κ1) is 22.8. The normalized spacial score (nSPS) is 11.9. The molecule has 0 aliphatic heterocycles. The zero-order chi connectivity index (χ0) is 20.5. The second-order valence-corrected chi connectivity index (χ2v) is 8.94. The van der Waals surface area contributed by atoms with Gasteiger partial charge in [-0.3, -0.25) is 0 Å². The van der Waals surface area contributed by atoms with E-state index in [1.54, 1.807) is 0 Å². The minimum atomic E-state index is 0.399. The molecular formula is C26H42O2. The summed E-state index contributed by atoms with van der Waals surface area (Å²) in [5, 5.41) is 0. The molecular weight excluding hydrogens is 344 g/mol. The highest BCUT2D eigenvalue weighted by Gasteiger charge is 2.22. The molecule has 0 amide bonds. The summed E-state index contributed by atoms with van der Waals surface area (Å²) in [6.07, 6.45) is 12.4. The molecule has 2 nitrogen and oxygen atoms in total. The summed E-state index contributed by atoms with van der Waals surface area (Å²) in [5.41, 5.74) is 2.67. The second kappa shape index (κ2) is 11.5. The van der Waals surface area contributed by atoms with Gasteiger partial charge in [-0.1, -0.05) is 80.1 Å². The molecule has 2 heterocycles. The fourth-order valence-electron chi connectivity index (χ4n) is 3.71. The monoisotopic (exact) mass is 386 g/mol. The Balaban J connectivity index is 2.31. The Morgan fingerprint density at radius 2 is 1.00 bits per heavy atom. The molecule has 0 aliphatic carbocycles. The molecule has 2 heteroatoms. The topological polar surface area (TPSA) is 26.3 Å². The summed E-state index contributed by atoms with van der Waals surface area (Å²) >= 11 is 0. The zero-order valence-corrected chi connectivity index (χ0v) is 19.2. The van der Waals surface area contributed by atoms with E-state index in [9.17, 15) is 0 Å². The number of rotatable bonds is 13. The Hall–Kier alpha value is -1.44. The van der Waals surface area contributed by atoms with Crippen molar-refractivity contribution in [2.75, 3.05) is 0 Å². The van der Waals surface area contributed by atoms with Crippen molar-refractivity contribution in [3.63, 3.8) is 0 Å². The van der Waals surface area contributed by atoms with Crippen molar-refractivity contribution in [1.82, 2.24) is 0 Å². The third kappa shape index (κ3) is 6.29. The molecule has 0 unspecified atom stereocenters. The van der Waals surface area contributed by atoms with E-state index in [0.717, 1.165) is 35.9 Å². The van der Waals surface area contributed by atoms with Gasteiger partial charge < -0.3 is 8.83 Å². The Kier molecular flexibility index (Phi) is 9.41. The van der Waals surface area contributed by atoms with Crippen molar-refractivity contribution in [1.29, 1.82) is 0 Å². The minimum Gasteiger partial charge on any atom is -0.457 e. The van der Waals surface area contributed by atoms with Crippen LogP contribution in [-0.4, -0.2) is 0 Å². The van der Waals surface area contributed by atoms with Crippen LogP contribution in [0.4, 0.5) is 0 Å². The maximum absolute atomic E-state index is 6.39. The summed E-state index contributed by atoms with van der Waals surface area (Å²) in [6.45, 7) is 13.4. The van der Waals surface area contributed by atoms with Crippen LogP contribution in [0.25, 0.3) is 11.5 Å². The van der Waals surface area contributed by atoms with Gasteiger partial charge in [-0.25, -0.2) is 0 Å². The van der Waals surface area contributed by atoms with Gasteiger partial charge in [0.15, 0.2) is 11.5 Å². The van der Waals surface area contributed by atoms with Crippen molar-refractivity contribution in [3.8, 4) is 11.5 Å². The molecule has 0 aromatic carbocycles. The first-order valence-corrected chi connectivity index (χ1v) is 11.7. The minimum absolute atomic E-state index is 0.399. The van der Waals surface area contributed by atoms with Crippen LogP contribution in [0.15, 0.2) is 21.0 Å². The quantitative estimate of drug-likeness (QED) is 0.321. The fraction of sp³-hybridized carbons (Fsp3) is 0.692. The molecule has 0 spiro atoms. The van der Waals surface area contributed by atoms with Crippen molar-refractivity contribution in [3.05, 3.63) is 34.8 Å². The second-order valence-electron chi connectivity index (χ2n) is 8.94. The molecule has 2 aromatic heterocycles. The third-order valence-corrected chi connectivity index (χ3v) is 5.60. The molecule has 0 fully saturated rings. The summed E-state index contributed by atoms with van der Waals surface area (Å²) in [5.74, 6) is 4.96. The van der Waals surface area contributed by atoms with E-state index in [1.165, 1.54) is 62.5 Å². The van der Waals surface area contributed by atoms with Gasteiger partial charge in [-0.15, -0.1) is 0 Å². The fourth-order valence-corrected chi connectivity index (χ4v) is 3.71. The molecule has 0 atom stereocenters. The van der Waals surface area contributed by atoms with Crippen LogP contribution in [0.5, 0.6) is 0 Å². The van der Waals surface area contributed by atoms with E-state index in [0.29, 0.717) is 11.8 Å². The van der Waals surface area contributed by atoms with Gasteiger partial charge in [0.05, 0.1) is 0 Å². The lowest BCUT2D eigenvalue weighted by Crippen LogP contribution is -1.90. The summed E-state index contributed by atoms with van der Waals surface area (Å²) < 4.78 is 12.8. The SMILES string of the molecule is CCCCCCc1cc(C(C)C)oc1-c1oc(C(C)C)cc1CCCCCC. The van der Waals surface area contributed by atoms with Gasteiger partial charge in [0.2, 0.25) is 0 Å². The van der Waals surface area contributed by atoms with Crippen LogP contribution in [0.1, 0.15) is 127 Å². The van der Waals surface area contributed by atoms with E-state index >= 15 is 0 Å². The van der Waals surface area contributed by atoms with Crippen LogP contribution in [0, 0.1) is 0 Å². The van der Waals surface area contributed by atoms with Crippen LogP contribution in [-0.2, 0) is 12.8 Å². The molecule has 2 rings (SSSR count). The van der Waals surface area contributed by atoms with Crippen molar-refractivity contribution in [2.24, 2.45) is 0 Å². The van der Waals surface area contributed by atoms with Gasteiger partial charge >= 0.3 is 0 Å². The smallest absolute Gasteiger partial charge is 0.173 e. The van der Waals surface area contributed by atoms with E-state index in [2.05, 4.69) is 53.7 Å². The molecule has 0 radical (unpaired) electrons. The lowest BCUT2D eigenvalue weighted by atomic mass is 10.0. The van der Waals surface area contributed by atoms with Crippen molar-refractivity contribution in [2.45, 2.75) is 118 Å². The van der Waals surface area contributed by atoms with Crippen molar-refractivity contribution >= 4 is 0 Å². The Bertz CT molecular complexity index is 627. The predicted molar refractivity (Wildman–Crippen MR) is 120 cm³/mol. The maximum Gasteiger partial charge on any atom is 0.173 e. The predicted octanol–water partition coefficient (Wildman–Crippen LogP) is 9.03. The number of hydrogen-bond donors (Lipinski definition) is 0. The lowest BCUT2D eigenvalue weighted by molar-refractivity contribution is 0.451. The van der Waals surface area contributed by atoms with Gasteiger partial charge in [-0.2, -0.15) is 0 Å². The highest BCUT2D eigenvalue weighted by Crippen LogP contribution is 2.37. The van der Waals surface area contributed by atoms with Crippen LogP contribution in [0.2, 0.25) is 0 Å².